The zero-order chi connectivity index (χ0) is 21.0. The number of hydrogen-bond donors (Lipinski definition) is 1. The molecule has 0 unspecified atom stereocenters. The van der Waals surface area contributed by atoms with Gasteiger partial charge in [0.15, 0.2) is 16.8 Å². The van der Waals surface area contributed by atoms with Gasteiger partial charge in [-0.15, -0.1) is 11.3 Å². The third-order valence-electron chi connectivity index (χ3n) is 4.06. The maximum absolute atomic E-state index is 13.4. The molecule has 0 aliphatic rings. The number of likely N-dealkylation sites (N-methyl/N-ethyl adjacent to an activating group) is 1. The van der Waals surface area contributed by atoms with Crippen LogP contribution in [0, 0.1) is 11.6 Å². The molecule has 0 saturated heterocycles. The number of aromatic nitrogens is 1. The van der Waals surface area contributed by atoms with Crippen LogP contribution in [0.1, 0.15) is 5.56 Å². The number of rotatable bonds is 7. The molecular formula is C20H18BrF2N3O2S. The molecule has 3 rings (SSSR count). The van der Waals surface area contributed by atoms with Gasteiger partial charge in [0, 0.05) is 27.5 Å². The van der Waals surface area contributed by atoms with Crippen LogP contribution in [0.25, 0.3) is 11.3 Å². The number of thiazole rings is 1. The standard InChI is InChI=1S/C20H18BrF2N3O2S/c1-26(9-13-7-14(21)4-6-18(13)28-2)10-19(27)25-20-24-17(11-29-20)12-3-5-15(22)16(23)8-12/h3-8,11H,9-10H2,1-2H3,(H,24,25,27). The number of methoxy groups -OCH3 is 1. The van der Waals surface area contributed by atoms with Crippen molar-refractivity contribution in [2.45, 2.75) is 6.54 Å². The largest absolute Gasteiger partial charge is 0.496 e. The van der Waals surface area contributed by atoms with Crippen molar-refractivity contribution in [3.05, 3.63) is 63.4 Å². The van der Waals surface area contributed by atoms with Crippen molar-refractivity contribution < 1.29 is 18.3 Å². The molecule has 0 atom stereocenters. The summed E-state index contributed by atoms with van der Waals surface area (Å²) in [6.07, 6.45) is 0. The van der Waals surface area contributed by atoms with E-state index in [2.05, 4.69) is 26.2 Å². The van der Waals surface area contributed by atoms with Gasteiger partial charge in [-0.05, 0) is 43.4 Å². The van der Waals surface area contributed by atoms with Gasteiger partial charge in [0.2, 0.25) is 5.91 Å². The average molecular weight is 482 g/mol. The quantitative estimate of drug-likeness (QED) is 0.519. The van der Waals surface area contributed by atoms with E-state index in [4.69, 9.17) is 4.74 Å². The van der Waals surface area contributed by atoms with Crippen molar-refractivity contribution in [3.63, 3.8) is 0 Å². The monoisotopic (exact) mass is 481 g/mol. The molecule has 0 saturated carbocycles. The highest BCUT2D eigenvalue weighted by Gasteiger charge is 2.13. The minimum absolute atomic E-state index is 0.149. The molecule has 3 aromatic rings. The predicted molar refractivity (Wildman–Crippen MR) is 113 cm³/mol. The fourth-order valence-electron chi connectivity index (χ4n) is 2.74. The number of carbonyl (C=O) groups is 1. The Hall–Kier alpha value is -2.36. The molecular weight excluding hydrogens is 464 g/mol. The predicted octanol–water partition coefficient (Wildman–Crippen LogP) is 4.93. The molecule has 152 valence electrons. The Morgan fingerprint density at radius 1 is 1.24 bits per heavy atom. The number of carbonyl (C=O) groups excluding carboxylic acids is 1. The van der Waals surface area contributed by atoms with Crippen molar-refractivity contribution in [2.75, 3.05) is 26.0 Å². The van der Waals surface area contributed by atoms with Crippen molar-refractivity contribution in [1.82, 2.24) is 9.88 Å². The summed E-state index contributed by atoms with van der Waals surface area (Å²) in [4.78, 5) is 18.5. The Labute approximate surface area is 179 Å². The number of amides is 1. The lowest BCUT2D eigenvalue weighted by Crippen LogP contribution is -2.29. The van der Waals surface area contributed by atoms with E-state index >= 15 is 0 Å². The van der Waals surface area contributed by atoms with Crippen molar-refractivity contribution >= 4 is 38.3 Å². The van der Waals surface area contributed by atoms with Crippen LogP contribution in [0.5, 0.6) is 5.75 Å². The topological polar surface area (TPSA) is 54.5 Å². The summed E-state index contributed by atoms with van der Waals surface area (Å²) in [7, 11) is 3.43. The number of hydrogen-bond acceptors (Lipinski definition) is 5. The van der Waals surface area contributed by atoms with E-state index in [1.54, 1.807) is 12.5 Å². The summed E-state index contributed by atoms with van der Waals surface area (Å²) in [5.74, 6) is -1.34. The maximum Gasteiger partial charge on any atom is 0.240 e. The second kappa shape index (κ2) is 9.43. The molecule has 0 bridgehead atoms. The van der Waals surface area contributed by atoms with Crippen LogP contribution in [0.15, 0.2) is 46.3 Å². The van der Waals surface area contributed by atoms with Gasteiger partial charge < -0.3 is 10.1 Å². The van der Waals surface area contributed by atoms with Gasteiger partial charge in [-0.1, -0.05) is 15.9 Å². The summed E-state index contributed by atoms with van der Waals surface area (Å²) in [5.41, 5.74) is 1.86. The second-order valence-corrected chi connectivity index (χ2v) is 8.12. The lowest BCUT2D eigenvalue weighted by Gasteiger charge is -2.18. The highest BCUT2D eigenvalue weighted by molar-refractivity contribution is 9.10. The molecule has 5 nitrogen and oxygen atoms in total. The third-order valence-corrected chi connectivity index (χ3v) is 5.31. The minimum atomic E-state index is -0.939. The molecule has 0 aliphatic carbocycles. The zero-order valence-corrected chi connectivity index (χ0v) is 18.1. The molecule has 9 heteroatoms. The fraction of sp³-hybridized carbons (Fsp3) is 0.200. The third kappa shape index (κ3) is 5.59. The van der Waals surface area contributed by atoms with Gasteiger partial charge >= 0.3 is 0 Å². The number of ether oxygens (including phenoxy) is 1. The van der Waals surface area contributed by atoms with Crippen LogP contribution in [0.2, 0.25) is 0 Å². The van der Waals surface area contributed by atoms with E-state index in [0.717, 1.165) is 27.9 Å². The summed E-state index contributed by atoms with van der Waals surface area (Å²) in [6, 6.07) is 9.27. The number of anilines is 1. The van der Waals surface area contributed by atoms with Crippen LogP contribution >= 0.6 is 27.3 Å². The lowest BCUT2D eigenvalue weighted by molar-refractivity contribution is -0.117. The van der Waals surface area contributed by atoms with Crippen LogP contribution in [-0.4, -0.2) is 36.5 Å². The number of benzene rings is 2. The first-order valence-electron chi connectivity index (χ1n) is 8.57. The highest BCUT2D eigenvalue weighted by atomic mass is 79.9. The summed E-state index contributed by atoms with van der Waals surface area (Å²) >= 11 is 4.65. The molecule has 1 aromatic heterocycles. The normalized spacial score (nSPS) is 11.0. The van der Waals surface area contributed by atoms with E-state index < -0.39 is 11.6 Å². The Morgan fingerprint density at radius 2 is 2.03 bits per heavy atom. The molecule has 0 radical (unpaired) electrons. The molecule has 0 aliphatic heterocycles. The van der Waals surface area contributed by atoms with E-state index in [1.165, 1.54) is 17.4 Å². The van der Waals surface area contributed by atoms with Gasteiger partial charge in [0.25, 0.3) is 0 Å². The maximum atomic E-state index is 13.4. The summed E-state index contributed by atoms with van der Waals surface area (Å²) in [5, 5.41) is 4.80. The smallest absolute Gasteiger partial charge is 0.240 e. The van der Waals surface area contributed by atoms with Crippen molar-refractivity contribution in [2.24, 2.45) is 0 Å². The SMILES string of the molecule is COc1ccc(Br)cc1CN(C)CC(=O)Nc1nc(-c2ccc(F)c(F)c2)cs1. The minimum Gasteiger partial charge on any atom is -0.496 e. The van der Waals surface area contributed by atoms with E-state index in [1.807, 2.05) is 30.1 Å². The van der Waals surface area contributed by atoms with Crippen LogP contribution in [0.4, 0.5) is 13.9 Å². The molecule has 1 N–H and O–H groups in total. The van der Waals surface area contributed by atoms with E-state index in [-0.39, 0.29) is 12.5 Å². The molecule has 1 amide bonds. The number of nitrogens with zero attached hydrogens (tertiary/aromatic N) is 2. The summed E-state index contributed by atoms with van der Waals surface area (Å²) in [6.45, 7) is 0.670. The molecule has 1 heterocycles. The Kier molecular flexibility index (Phi) is 6.94. The van der Waals surface area contributed by atoms with Gasteiger partial charge in [0.05, 0.1) is 19.3 Å². The lowest BCUT2D eigenvalue weighted by atomic mass is 10.2. The summed E-state index contributed by atoms with van der Waals surface area (Å²) < 4.78 is 32.8. The Balaban J connectivity index is 1.60. The van der Waals surface area contributed by atoms with Crippen molar-refractivity contribution in [3.8, 4) is 17.0 Å². The van der Waals surface area contributed by atoms with Crippen LogP contribution < -0.4 is 10.1 Å². The first kappa shape index (κ1) is 21.4. The van der Waals surface area contributed by atoms with Gasteiger partial charge in [-0.25, -0.2) is 13.8 Å². The molecule has 0 spiro atoms. The molecule has 29 heavy (non-hydrogen) atoms. The van der Waals surface area contributed by atoms with E-state index in [9.17, 15) is 13.6 Å². The van der Waals surface area contributed by atoms with Crippen LogP contribution in [0.3, 0.4) is 0 Å². The van der Waals surface area contributed by atoms with Crippen molar-refractivity contribution in [1.29, 1.82) is 0 Å². The Bertz CT molecular complexity index is 1030. The number of nitrogens with one attached hydrogen (secondary N) is 1. The zero-order valence-electron chi connectivity index (χ0n) is 15.7. The molecule has 0 fully saturated rings. The number of halogens is 3. The first-order valence-corrected chi connectivity index (χ1v) is 10.2. The van der Waals surface area contributed by atoms with Gasteiger partial charge in [-0.3, -0.25) is 9.69 Å². The molecule has 2 aromatic carbocycles. The van der Waals surface area contributed by atoms with Crippen LogP contribution in [-0.2, 0) is 11.3 Å². The Morgan fingerprint density at radius 3 is 2.76 bits per heavy atom. The highest BCUT2D eigenvalue weighted by Crippen LogP contribution is 2.26. The first-order chi connectivity index (χ1) is 13.9. The van der Waals surface area contributed by atoms with E-state index in [0.29, 0.717) is 22.9 Å². The average Bonchev–Trinajstić information content (AvgIpc) is 3.12. The second-order valence-electron chi connectivity index (χ2n) is 6.34. The van der Waals surface area contributed by atoms with Gasteiger partial charge in [0.1, 0.15) is 5.75 Å². The fourth-order valence-corrected chi connectivity index (χ4v) is 3.88. The van der Waals surface area contributed by atoms with Gasteiger partial charge in [-0.2, -0.15) is 0 Å².